The van der Waals surface area contributed by atoms with Crippen LogP contribution in [0.1, 0.15) is 56.6 Å². The molecule has 0 saturated carbocycles. The zero-order valence-corrected chi connectivity index (χ0v) is 13.8. The fraction of sp³-hybridized carbons (Fsp3) is 0.750. The third kappa shape index (κ3) is 2.84. The molecule has 1 aliphatic rings. The van der Waals surface area contributed by atoms with E-state index in [2.05, 4.69) is 30.8 Å². The van der Waals surface area contributed by atoms with Crippen molar-refractivity contribution < 1.29 is 9.90 Å². The lowest BCUT2D eigenvalue weighted by atomic mass is 9.81. The summed E-state index contributed by atoms with van der Waals surface area (Å²) < 4.78 is 2.03. The van der Waals surface area contributed by atoms with Crippen LogP contribution in [0.25, 0.3) is 0 Å². The Morgan fingerprint density at radius 3 is 2.67 bits per heavy atom. The number of aromatic nitrogens is 2. The molecule has 1 fully saturated rings. The fourth-order valence-corrected chi connectivity index (χ4v) is 3.59. The van der Waals surface area contributed by atoms with Gasteiger partial charge in [0.25, 0.3) is 0 Å². The number of rotatable bonds is 4. The summed E-state index contributed by atoms with van der Waals surface area (Å²) in [5.74, 6) is -0.683. The number of hydrogen-bond acceptors (Lipinski definition) is 3. The van der Waals surface area contributed by atoms with Gasteiger partial charge in [-0.25, -0.2) is 0 Å². The first-order chi connectivity index (χ1) is 9.80. The van der Waals surface area contributed by atoms with E-state index in [0.717, 1.165) is 31.6 Å². The molecule has 0 bridgehead atoms. The molecule has 2 heterocycles. The zero-order chi connectivity index (χ0) is 15.8. The van der Waals surface area contributed by atoms with E-state index in [0.29, 0.717) is 6.54 Å². The largest absolute Gasteiger partial charge is 0.481 e. The molecule has 2 rings (SSSR count). The van der Waals surface area contributed by atoms with E-state index in [1.54, 1.807) is 0 Å². The molecule has 0 aromatic carbocycles. The van der Waals surface area contributed by atoms with E-state index in [9.17, 15) is 9.90 Å². The molecule has 0 radical (unpaired) electrons. The Labute approximate surface area is 126 Å². The Kier molecular flexibility index (Phi) is 4.42. The lowest BCUT2D eigenvalue weighted by Crippen LogP contribution is -2.46. The third-order valence-electron chi connectivity index (χ3n) is 4.94. The maximum Gasteiger partial charge on any atom is 0.310 e. The van der Waals surface area contributed by atoms with Crippen LogP contribution in [0.2, 0.25) is 0 Å². The summed E-state index contributed by atoms with van der Waals surface area (Å²) >= 11 is 0. The fourth-order valence-electron chi connectivity index (χ4n) is 3.59. The van der Waals surface area contributed by atoms with Crippen LogP contribution in [-0.4, -0.2) is 38.8 Å². The second kappa shape index (κ2) is 5.79. The first kappa shape index (κ1) is 16.0. The molecule has 1 aromatic rings. The van der Waals surface area contributed by atoms with E-state index in [1.165, 1.54) is 11.3 Å². The minimum absolute atomic E-state index is 0.212. The quantitative estimate of drug-likeness (QED) is 0.927. The van der Waals surface area contributed by atoms with Gasteiger partial charge in [0.2, 0.25) is 0 Å². The van der Waals surface area contributed by atoms with Crippen LogP contribution in [0.5, 0.6) is 0 Å². The highest BCUT2D eigenvalue weighted by atomic mass is 16.4. The van der Waals surface area contributed by atoms with Gasteiger partial charge >= 0.3 is 5.97 Å². The van der Waals surface area contributed by atoms with E-state index in [-0.39, 0.29) is 6.04 Å². The standard InChI is InChI=1S/C16H27N3O2/c1-6-19-13(4)14(11(2)17-19)12(3)18-9-7-8-16(5,10-18)15(20)21/h12H,6-10H2,1-5H3,(H,20,21). The van der Waals surface area contributed by atoms with Crippen molar-refractivity contribution in [3.05, 3.63) is 17.0 Å². The predicted octanol–water partition coefficient (Wildman–Crippen LogP) is 2.77. The number of hydrogen-bond donors (Lipinski definition) is 1. The maximum atomic E-state index is 11.5. The summed E-state index contributed by atoms with van der Waals surface area (Å²) in [6, 6.07) is 0.212. The molecule has 1 aliphatic heterocycles. The number of carboxylic acids is 1. The first-order valence-electron chi connectivity index (χ1n) is 7.81. The van der Waals surface area contributed by atoms with Crippen LogP contribution in [0.3, 0.4) is 0 Å². The van der Waals surface area contributed by atoms with Crippen molar-refractivity contribution >= 4 is 5.97 Å². The molecule has 21 heavy (non-hydrogen) atoms. The van der Waals surface area contributed by atoms with Crippen LogP contribution < -0.4 is 0 Å². The molecule has 1 aromatic heterocycles. The average molecular weight is 293 g/mol. The number of aryl methyl sites for hydroxylation is 2. The highest BCUT2D eigenvalue weighted by Crippen LogP contribution is 2.35. The summed E-state index contributed by atoms with van der Waals surface area (Å²) in [6.07, 6.45) is 1.70. The Hall–Kier alpha value is -1.36. The predicted molar refractivity (Wildman–Crippen MR) is 82.3 cm³/mol. The summed E-state index contributed by atoms with van der Waals surface area (Å²) in [5, 5.41) is 14.1. The third-order valence-corrected chi connectivity index (χ3v) is 4.94. The average Bonchev–Trinajstić information content (AvgIpc) is 2.72. The van der Waals surface area contributed by atoms with Gasteiger partial charge in [-0.1, -0.05) is 0 Å². The molecule has 118 valence electrons. The number of piperidine rings is 1. The Balaban J connectivity index is 2.26. The molecule has 5 nitrogen and oxygen atoms in total. The molecule has 5 heteroatoms. The van der Waals surface area contributed by atoms with Crippen molar-refractivity contribution in [3.8, 4) is 0 Å². The topological polar surface area (TPSA) is 58.4 Å². The summed E-state index contributed by atoms with van der Waals surface area (Å²) in [6.45, 7) is 12.7. The normalized spacial score (nSPS) is 25.0. The first-order valence-corrected chi connectivity index (χ1v) is 7.81. The molecule has 2 atom stereocenters. The van der Waals surface area contributed by atoms with Crippen molar-refractivity contribution in [2.24, 2.45) is 5.41 Å². The van der Waals surface area contributed by atoms with E-state index in [4.69, 9.17) is 0 Å². The summed E-state index contributed by atoms with van der Waals surface area (Å²) in [7, 11) is 0. The van der Waals surface area contributed by atoms with Gasteiger partial charge in [-0.05, 0) is 54.0 Å². The molecular formula is C16H27N3O2. The number of likely N-dealkylation sites (tertiary alicyclic amines) is 1. The van der Waals surface area contributed by atoms with Gasteiger partial charge in [0.1, 0.15) is 0 Å². The number of carboxylic acid groups (broad SMARTS) is 1. The van der Waals surface area contributed by atoms with Crippen molar-refractivity contribution in [2.75, 3.05) is 13.1 Å². The van der Waals surface area contributed by atoms with Gasteiger partial charge in [-0.15, -0.1) is 0 Å². The van der Waals surface area contributed by atoms with Gasteiger partial charge in [-0.3, -0.25) is 14.4 Å². The zero-order valence-electron chi connectivity index (χ0n) is 13.8. The van der Waals surface area contributed by atoms with Gasteiger partial charge < -0.3 is 5.11 Å². The van der Waals surface area contributed by atoms with Crippen LogP contribution in [0, 0.1) is 19.3 Å². The second-order valence-electron chi connectivity index (χ2n) is 6.52. The minimum Gasteiger partial charge on any atom is -0.481 e. The highest BCUT2D eigenvalue weighted by Gasteiger charge is 2.39. The van der Waals surface area contributed by atoms with E-state index >= 15 is 0 Å². The number of carbonyl (C=O) groups is 1. The molecule has 1 N–H and O–H groups in total. The van der Waals surface area contributed by atoms with Crippen LogP contribution in [0.4, 0.5) is 0 Å². The van der Waals surface area contributed by atoms with Gasteiger partial charge in [0.15, 0.2) is 0 Å². The maximum absolute atomic E-state index is 11.5. The smallest absolute Gasteiger partial charge is 0.310 e. The van der Waals surface area contributed by atoms with Crippen molar-refractivity contribution in [3.63, 3.8) is 0 Å². The van der Waals surface area contributed by atoms with Crippen molar-refractivity contribution in [2.45, 2.75) is 60.0 Å². The molecule has 0 spiro atoms. The summed E-state index contributed by atoms with van der Waals surface area (Å²) in [5.41, 5.74) is 2.88. The lowest BCUT2D eigenvalue weighted by Gasteiger charge is -2.40. The summed E-state index contributed by atoms with van der Waals surface area (Å²) in [4.78, 5) is 13.8. The van der Waals surface area contributed by atoms with Gasteiger partial charge in [0, 0.05) is 30.4 Å². The number of aliphatic carboxylic acids is 1. The van der Waals surface area contributed by atoms with Crippen LogP contribution in [0.15, 0.2) is 0 Å². The minimum atomic E-state index is -0.683. The second-order valence-corrected chi connectivity index (χ2v) is 6.52. The molecule has 0 amide bonds. The van der Waals surface area contributed by atoms with Crippen molar-refractivity contribution in [1.82, 2.24) is 14.7 Å². The number of nitrogens with zero attached hydrogens (tertiary/aromatic N) is 3. The Morgan fingerprint density at radius 2 is 2.14 bits per heavy atom. The van der Waals surface area contributed by atoms with E-state index < -0.39 is 11.4 Å². The molecule has 2 unspecified atom stereocenters. The van der Waals surface area contributed by atoms with Crippen molar-refractivity contribution in [1.29, 1.82) is 0 Å². The molecule has 0 aliphatic carbocycles. The Bertz CT molecular complexity index is 538. The van der Waals surface area contributed by atoms with Crippen LogP contribution >= 0.6 is 0 Å². The highest BCUT2D eigenvalue weighted by molar-refractivity contribution is 5.74. The monoisotopic (exact) mass is 293 g/mol. The lowest BCUT2D eigenvalue weighted by molar-refractivity contribution is -0.151. The Morgan fingerprint density at radius 1 is 1.48 bits per heavy atom. The van der Waals surface area contributed by atoms with Crippen LogP contribution in [-0.2, 0) is 11.3 Å². The van der Waals surface area contributed by atoms with Gasteiger partial charge in [0.05, 0.1) is 11.1 Å². The molecular weight excluding hydrogens is 266 g/mol. The molecule has 1 saturated heterocycles. The van der Waals surface area contributed by atoms with E-state index in [1.807, 2.05) is 18.5 Å². The van der Waals surface area contributed by atoms with Gasteiger partial charge in [-0.2, -0.15) is 5.10 Å². The SMILES string of the molecule is CCn1nc(C)c(C(C)N2CCCC(C)(C(=O)O)C2)c1C.